The summed E-state index contributed by atoms with van der Waals surface area (Å²) in [4.78, 5) is 39.5. The van der Waals surface area contributed by atoms with Crippen molar-refractivity contribution in [1.82, 2.24) is 5.32 Å². The van der Waals surface area contributed by atoms with E-state index in [2.05, 4.69) is 17.5 Å². The lowest BCUT2D eigenvalue weighted by molar-refractivity contribution is -0.123. The van der Waals surface area contributed by atoms with Crippen molar-refractivity contribution < 1.29 is 14.4 Å². The van der Waals surface area contributed by atoms with E-state index < -0.39 is 0 Å². The summed E-state index contributed by atoms with van der Waals surface area (Å²) >= 11 is 0. The molecule has 3 fully saturated rings. The molecular weight excluding hydrogens is 364 g/mol. The van der Waals surface area contributed by atoms with Crippen molar-refractivity contribution in [1.29, 1.82) is 0 Å². The van der Waals surface area contributed by atoms with Gasteiger partial charge in [0.1, 0.15) is 0 Å². The van der Waals surface area contributed by atoms with Gasteiger partial charge >= 0.3 is 0 Å². The minimum atomic E-state index is -0.196. The molecule has 29 heavy (non-hydrogen) atoms. The third kappa shape index (κ3) is 3.22. The number of hydrogen-bond donors (Lipinski definition) is 1. The van der Waals surface area contributed by atoms with Gasteiger partial charge in [0.25, 0.3) is 0 Å². The van der Waals surface area contributed by atoms with E-state index in [1.165, 1.54) is 24.2 Å². The predicted molar refractivity (Wildman–Crippen MR) is 111 cm³/mol. The molecule has 3 amide bonds. The van der Waals surface area contributed by atoms with Gasteiger partial charge in [-0.2, -0.15) is 0 Å². The van der Waals surface area contributed by atoms with Crippen LogP contribution in [0.15, 0.2) is 42.5 Å². The molecule has 0 aromatic heterocycles. The van der Waals surface area contributed by atoms with E-state index in [4.69, 9.17) is 0 Å². The number of amides is 3. The van der Waals surface area contributed by atoms with Gasteiger partial charge in [0.2, 0.25) is 17.7 Å². The summed E-state index contributed by atoms with van der Waals surface area (Å²) in [6.45, 7) is 0. The van der Waals surface area contributed by atoms with E-state index in [0.29, 0.717) is 5.69 Å². The minimum Gasteiger partial charge on any atom is -0.350 e. The Morgan fingerprint density at radius 1 is 1.00 bits per heavy atom. The van der Waals surface area contributed by atoms with Gasteiger partial charge in [0.15, 0.2) is 0 Å². The van der Waals surface area contributed by atoms with Crippen LogP contribution in [0.1, 0.15) is 44.1 Å². The summed E-state index contributed by atoms with van der Waals surface area (Å²) in [5.74, 6) is -0.221. The molecule has 2 saturated carbocycles. The van der Waals surface area contributed by atoms with Crippen LogP contribution in [0.4, 0.5) is 5.69 Å². The zero-order valence-corrected chi connectivity index (χ0v) is 16.4. The van der Waals surface area contributed by atoms with Gasteiger partial charge in [0.05, 0.1) is 17.5 Å². The maximum Gasteiger partial charge on any atom is 0.244 e. The molecule has 1 saturated heterocycles. The van der Waals surface area contributed by atoms with Gasteiger partial charge in [0, 0.05) is 12.1 Å². The topological polar surface area (TPSA) is 66.5 Å². The number of carbonyl (C=O) groups excluding carboxylic acids is 3. The highest BCUT2D eigenvalue weighted by Gasteiger charge is 2.59. The number of benzene rings is 1. The third-order valence-corrected chi connectivity index (χ3v) is 6.98. The first kappa shape index (κ1) is 18.3. The number of fused-ring (bicyclic) bond motifs is 5. The van der Waals surface area contributed by atoms with Crippen molar-refractivity contribution in [3.8, 4) is 0 Å². The molecule has 5 nitrogen and oxygen atoms in total. The lowest BCUT2D eigenvalue weighted by atomic mass is 9.85. The molecule has 1 aromatic carbocycles. The molecule has 0 unspecified atom stereocenters. The SMILES string of the molecule is O=C(/C=C\c1cccc(N2C(=O)[C@@H]3[C@H](C2=O)[C@@H]2C=C[C@H]3C2)c1)NC1CCCCC1. The first-order valence-electron chi connectivity index (χ1n) is 10.8. The molecule has 4 aliphatic rings. The fraction of sp³-hybridized carbons (Fsp3) is 0.458. The van der Waals surface area contributed by atoms with Gasteiger partial charge in [-0.05, 0) is 54.9 Å². The van der Waals surface area contributed by atoms with Crippen molar-refractivity contribution in [3.05, 3.63) is 48.1 Å². The van der Waals surface area contributed by atoms with E-state index in [-0.39, 0.29) is 47.4 Å². The lowest BCUT2D eigenvalue weighted by Crippen LogP contribution is -2.34. The summed E-state index contributed by atoms with van der Waals surface area (Å²) in [7, 11) is 0. The first-order valence-corrected chi connectivity index (χ1v) is 10.8. The standard InChI is InChI=1S/C24H26N2O3/c27-20(25-18-6-2-1-3-7-18)12-9-15-5-4-8-19(13-15)26-23(28)21-16-10-11-17(14-16)22(21)24(26)29/h4-5,8-13,16-18,21-22H,1-3,6-7,14H2,(H,25,27)/b12-9-/t16-,17+,21-,22+. The van der Waals surface area contributed by atoms with Crippen LogP contribution >= 0.6 is 0 Å². The Balaban J connectivity index is 1.29. The van der Waals surface area contributed by atoms with Crippen LogP contribution in [-0.2, 0) is 14.4 Å². The van der Waals surface area contributed by atoms with Crippen LogP contribution in [0.25, 0.3) is 6.08 Å². The van der Waals surface area contributed by atoms with E-state index in [1.54, 1.807) is 18.2 Å². The molecule has 3 aliphatic carbocycles. The quantitative estimate of drug-likeness (QED) is 0.486. The third-order valence-electron chi connectivity index (χ3n) is 6.98. The van der Waals surface area contributed by atoms with Crippen LogP contribution in [0, 0.1) is 23.7 Å². The number of allylic oxidation sites excluding steroid dienone is 2. The summed E-state index contributed by atoms with van der Waals surface area (Å²) in [5, 5.41) is 3.07. The highest BCUT2D eigenvalue weighted by Crippen LogP contribution is 2.53. The molecule has 1 aromatic rings. The van der Waals surface area contributed by atoms with Gasteiger partial charge in [-0.25, -0.2) is 4.90 Å². The van der Waals surface area contributed by atoms with Gasteiger partial charge < -0.3 is 5.32 Å². The van der Waals surface area contributed by atoms with Crippen LogP contribution in [-0.4, -0.2) is 23.8 Å². The minimum absolute atomic E-state index is 0.0759. The Morgan fingerprint density at radius 2 is 1.69 bits per heavy atom. The van der Waals surface area contributed by atoms with E-state index >= 15 is 0 Å². The Hall–Kier alpha value is -2.69. The molecule has 2 bridgehead atoms. The largest absolute Gasteiger partial charge is 0.350 e. The zero-order chi connectivity index (χ0) is 20.0. The number of carbonyl (C=O) groups is 3. The fourth-order valence-corrected chi connectivity index (χ4v) is 5.59. The number of anilines is 1. The second kappa shape index (κ2) is 7.29. The molecule has 0 spiro atoms. The number of rotatable bonds is 4. The van der Waals surface area contributed by atoms with Crippen molar-refractivity contribution >= 4 is 29.5 Å². The number of hydrogen-bond acceptors (Lipinski definition) is 3. The smallest absolute Gasteiger partial charge is 0.244 e. The van der Waals surface area contributed by atoms with Crippen molar-refractivity contribution in [2.75, 3.05) is 4.90 Å². The average Bonchev–Trinajstić information content (AvgIpc) is 3.41. The molecule has 1 aliphatic heterocycles. The van der Waals surface area contributed by atoms with Crippen molar-refractivity contribution in [3.63, 3.8) is 0 Å². The molecule has 4 atom stereocenters. The predicted octanol–water partition coefficient (Wildman–Crippen LogP) is 3.46. The van der Waals surface area contributed by atoms with Gasteiger partial charge in [-0.3, -0.25) is 14.4 Å². The fourth-order valence-electron chi connectivity index (χ4n) is 5.59. The van der Waals surface area contributed by atoms with Crippen LogP contribution in [0.2, 0.25) is 0 Å². The number of nitrogens with one attached hydrogen (secondary N) is 1. The summed E-state index contributed by atoms with van der Waals surface area (Å²) in [5.41, 5.74) is 1.41. The second-order valence-electron chi connectivity index (χ2n) is 8.78. The molecule has 5 rings (SSSR count). The van der Waals surface area contributed by atoms with E-state index in [0.717, 1.165) is 24.8 Å². The summed E-state index contributed by atoms with van der Waals surface area (Å²) in [6.07, 6.45) is 14.1. The van der Waals surface area contributed by atoms with Crippen molar-refractivity contribution in [2.24, 2.45) is 23.7 Å². The van der Waals surface area contributed by atoms with Crippen LogP contribution < -0.4 is 10.2 Å². The molecule has 5 heteroatoms. The van der Waals surface area contributed by atoms with Crippen LogP contribution in [0.3, 0.4) is 0 Å². The van der Waals surface area contributed by atoms with Gasteiger partial charge in [-0.1, -0.05) is 43.5 Å². The number of nitrogens with zero attached hydrogens (tertiary/aromatic N) is 1. The molecule has 150 valence electrons. The highest BCUT2D eigenvalue weighted by molar-refractivity contribution is 6.22. The Bertz CT molecular complexity index is 882. The molecule has 0 radical (unpaired) electrons. The maximum absolute atomic E-state index is 13.0. The Morgan fingerprint density at radius 3 is 2.38 bits per heavy atom. The molecular formula is C24H26N2O3. The maximum atomic E-state index is 13.0. The highest BCUT2D eigenvalue weighted by atomic mass is 16.2. The normalized spacial score (nSPS) is 31.1. The average molecular weight is 390 g/mol. The number of imide groups is 1. The summed E-state index contributed by atoms with van der Waals surface area (Å²) < 4.78 is 0. The molecule has 1 heterocycles. The van der Waals surface area contributed by atoms with E-state index in [1.807, 2.05) is 18.2 Å². The first-order chi connectivity index (χ1) is 14.1. The Labute approximate surface area is 170 Å². The molecule has 1 N–H and O–H groups in total. The van der Waals surface area contributed by atoms with Crippen molar-refractivity contribution in [2.45, 2.75) is 44.6 Å². The Kier molecular flexibility index (Phi) is 4.61. The lowest BCUT2D eigenvalue weighted by Gasteiger charge is -2.21. The second-order valence-corrected chi connectivity index (χ2v) is 8.78. The zero-order valence-electron chi connectivity index (χ0n) is 16.4. The van der Waals surface area contributed by atoms with Crippen LogP contribution in [0.5, 0.6) is 0 Å². The van der Waals surface area contributed by atoms with E-state index in [9.17, 15) is 14.4 Å². The monoisotopic (exact) mass is 390 g/mol. The van der Waals surface area contributed by atoms with Gasteiger partial charge in [-0.15, -0.1) is 0 Å². The summed E-state index contributed by atoms with van der Waals surface area (Å²) in [6, 6.07) is 7.60.